The number of hydrogen-bond acceptors (Lipinski definition) is 4. The Kier molecular flexibility index (Phi) is 8.36. The monoisotopic (exact) mass is 532 g/mol. The number of hydrogen-bond donors (Lipinski definition) is 0. The molecule has 2 aliphatic rings. The normalized spacial score (nSPS) is 19.0. The molecule has 0 saturated carbocycles. The number of carbonyl (C=O) groups is 2. The lowest BCUT2D eigenvalue weighted by molar-refractivity contribution is -0.133. The van der Waals surface area contributed by atoms with Crippen molar-refractivity contribution in [2.75, 3.05) is 19.6 Å². The van der Waals surface area contributed by atoms with Crippen LogP contribution in [-0.4, -0.2) is 53.1 Å². The maximum absolute atomic E-state index is 13.3. The fraction of sp³-hybridized carbons (Fsp3) is 0.500. The summed E-state index contributed by atoms with van der Waals surface area (Å²) in [6, 6.07) is 13.6. The van der Waals surface area contributed by atoms with Gasteiger partial charge in [-0.2, -0.15) is 0 Å². The molecular formula is C28H34Cl2N2O4. The second-order valence-corrected chi connectivity index (χ2v) is 11.4. The van der Waals surface area contributed by atoms with E-state index in [1.54, 1.807) is 17.0 Å². The maximum Gasteiger partial charge on any atom is 0.410 e. The molecule has 4 rings (SSSR count). The molecule has 0 spiro atoms. The van der Waals surface area contributed by atoms with Gasteiger partial charge in [0.05, 0.1) is 0 Å². The minimum absolute atomic E-state index is 0.140. The highest BCUT2D eigenvalue weighted by Gasteiger charge is 2.38. The van der Waals surface area contributed by atoms with E-state index in [0.29, 0.717) is 48.5 Å². The van der Waals surface area contributed by atoms with Crippen molar-refractivity contribution in [3.63, 3.8) is 0 Å². The summed E-state index contributed by atoms with van der Waals surface area (Å²) in [6.45, 7) is 7.93. The SMILES string of the molecule is CC(C)(C)OC(=O)N1CCC(N2CCC(Cc3c(Cl)cc(OCc4ccccc4)cc3Cl)C2=O)CC1. The van der Waals surface area contributed by atoms with Gasteiger partial charge < -0.3 is 19.3 Å². The van der Waals surface area contributed by atoms with Crippen molar-refractivity contribution in [3.05, 3.63) is 63.6 Å². The number of piperidine rings is 1. The van der Waals surface area contributed by atoms with Crippen molar-refractivity contribution in [3.8, 4) is 5.75 Å². The Balaban J connectivity index is 1.32. The van der Waals surface area contributed by atoms with Gasteiger partial charge in [-0.15, -0.1) is 0 Å². The molecule has 2 saturated heterocycles. The number of nitrogens with zero attached hydrogens (tertiary/aromatic N) is 2. The molecule has 0 radical (unpaired) electrons. The van der Waals surface area contributed by atoms with Gasteiger partial charge in [0.1, 0.15) is 18.0 Å². The number of ether oxygens (including phenoxy) is 2. The van der Waals surface area contributed by atoms with Gasteiger partial charge >= 0.3 is 6.09 Å². The molecule has 2 amide bonds. The molecule has 8 heteroatoms. The van der Waals surface area contributed by atoms with Gasteiger partial charge in [-0.25, -0.2) is 4.79 Å². The molecule has 194 valence electrons. The van der Waals surface area contributed by atoms with Gasteiger partial charge in [0, 0.05) is 41.6 Å². The highest BCUT2D eigenvalue weighted by Crippen LogP contribution is 2.35. The summed E-state index contributed by atoms with van der Waals surface area (Å²) in [6.07, 6.45) is 2.50. The van der Waals surface area contributed by atoms with Crippen molar-refractivity contribution in [1.29, 1.82) is 0 Å². The van der Waals surface area contributed by atoms with E-state index in [0.717, 1.165) is 30.4 Å². The summed E-state index contributed by atoms with van der Waals surface area (Å²) in [7, 11) is 0. The third kappa shape index (κ3) is 6.65. The lowest BCUT2D eigenvalue weighted by atomic mass is 9.97. The van der Waals surface area contributed by atoms with Crippen molar-refractivity contribution >= 4 is 35.2 Å². The zero-order valence-electron chi connectivity index (χ0n) is 21.1. The molecule has 1 atom stereocenters. The lowest BCUT2D eigenvalue weighted by Crippen LogP contribution is -2.48. The molecule has 0 aliphatic carbocycles. The van der Waals surface area contributed by atoms with Gasteiger partial charge in [0.25, 0.3) is 0 Å². The molecule has 2 aromatic rings. The number of likely N-dealkylation sites (tertiary alicyclic amines) is 2. The Morgan fingerprint density at radius 1 is 1.00 bits per heavy atom. The molecule has 0 N–H and O–H groups in total. The molecule has 2 aromatic carbocycles. The van der Waals surface area contributed by atoms with Crippen LogP contribution in [0.5, 0.6) is 5.75 Å². The highest BCUT2D eigenvalue weighted by molar-refractivity contribution is 6.36. The molecule has 36 heavy (non-hydrogen) atoms. The van der Waals surface area contributed by atoms with Crippen LogP contribution in [0.3, 0.4) is 0 Å². The molecule has 2 aliphatic heterocycles. The first kappa shape index (κ1) is 26.6. The van der Waals surface area contributed by atoms with Crippen LogP contribution in [0.2, 0.25) is 10.0 Å². The van der Waals surface area contributed by atoms with E-state index in [4.69, 9.17) is 32.7 Å². The third-order valence-electron chi connectivity index (χ3n) is 6.72. The van der Waals surface area contributed by atoms with E-state index < -0.39 is 5.60 Å². The zero-order chi connectivity index (χ0) is 25.9. The summed E-state index contributed by atoms with van der Waals surface area (Å²) >= 11 is 13.2. The van der Waals surface area contributed by atoms with Crippen LogP contribution in [-0.2, 0) is 22.6 Å². The smallest absolute Gasteiger partial charge is 0.410 e. The topological polar surface area (TPSA) is 59.1 Å². The third-order valence-corrected chi connectivity index (χ3v) is 7.40. The van der Waals surface area contributed by atoms with Crippen LogP contribution >= 0.6 is 23.2 Å². The van der Waals surface area contributed by atoms with E-state index >= 15 is 0 Å². The van der Waals surface area contributed by atoms with Gasteiger partial charge in [0.2, 0.25) is 5.91 Å². The predicted molar refractivity (Wildman–Crippen MR) is 142 cm³/mol. The Hall–Kier alpha value is -2.44. The van der Waals surface area contributed by atoms with Crippen molar-refractivity contribution < 1.29 is 19.1 Å². The minimum atomic E-state index is -0.513. The van der Waals surface area contributed by atoms with Crippen LogP contribution in [0.1, 0.15) is 51.2 Å². The first-order chi connectivity index (χ1) is 17.1. The van der Waals surface area contributed by atoms with E-state index in [1.807, 2.05) is 56.0 Å². The van der Waals surface area contributed by atoms with E-state index in [1.165, 1.54) is 0 Å². The molecule has 1 unspecified atom stereocenters. The second kappa shape index (κ2) is 11.3. The molecule has 0 aromatic heterocycles. The summed E-state index contributed by atoms with van der Waals surface area (Å²) in [5.74, 6) is 0.593. The molecule has 2 heterocycles. The summed E-state index contributed by atoms with van der Waals surface area (Å²) in [5.41, 5.74) is 1.33. The minimum Gasteiger partial charge on any atom is -0.489 e. The van der Waals surface area contributed by atoms with Crippen LogP contribution in [0, 0.1) is 5.92 Å². The second-order valence-electron chi connectivity index (χ2n) is 10.6. The molecule has 0 bridgehead atoms. The van der Waals surface area contributed by atoms with Crippen molar-refractivity contribution in [2.24, 2.45) is 5.92 Å². The Labute approximate surface area is 223 Å². The molecular weight excluding hydrogens is 499 g/mol. The maximum atomic E-state index is 13.3. The Morgan fingerprint density at radius 2 is 1.64 bits per heavy atom. The predicted octanol–water partition coefficient (Wildman–Crippen LogP) is 6.36. The number of amides is 2. The lowest BCUT2D eigenvalue weighted by Gasteiger charge is -2.37. The van der Waals surface area contributed by atoms with Gasteiger partial charge in [-0.1, -0.05) is 53.5 Å². The fourth-order valence-corrected chi connectivity index (χ4v) is 5.47. The highest BCUT2D eigenvalue weighted by atomic mass is 35.5. The fourth-order valence-electron chi connectivity index (χ4n) is 4.85. The molecule has 2 fully saturated rings. The number of rotatable bonds is 6. The largest absolute Gasteiger partial charge is 0.489 e. The van der Waals surface area contributed by atoms with Gasteiger partial charge in [0.15, 0.2) is 0 Å². The van der Waals surface area contributed by atoms with Crippen LogP contribution in [0.4, 0.5) is 4.79 Å². The van der Waals surface area contributed by atoms with Crippen molar-refractivity contribution in [1.82, 2.24) is 9.80 Å². The van der Waals surface area contributed by atoms with E-state index in [9.17, 15) is 9.59 Å². The Bertz CT molecular complexity index is 1060. The summed E-state index contributed by atoms with van der Waals surface area (Å²) in [4.78, 5) is 29.3. The molecule has 6 nitrogen and oxygen atoms in total. The van der Waals surface area contributed by atoms with Gasteiger partial charge in [-0.3, -0.25) is 4.79 Å². The van der Waals surface area contributed by atoms with Crippen molar-refractivity contribution in [2.45, 2.75) is 64.7 Å². The first-order valence-corrected chi connectivity index (χ1v) is 13.3. The van der Waals surface area contributed by atoms with Crippen LogP contribution in [0.15, 0.2) is 42.5 Å². The number of carbonyl (C=O) groups excluding carboxylic acids is 2. The standard InChI is InChI=1S/C28H34Cl2N2O4/c1-28(2,3)36-27(34)31-12-10-21(11-13-31)32-14-9-20(26(32)33)15-23-24(29)16-22(17-25(23)30)35-18-19-7-5-4-6-8-19/h4-8,16-17,20-21H,9-15,18H2,1-3H3. The first-order valence-electron chi connectivity index (χ1n) is 12.5. The van der Waals surface area contributed by atoms with Gasteiger partial charge in [-0.05, 0) is 69.7 Å². The Morgan fingerprint density at radius 3 is 2.25 bits per heavy atom. The quantitative estimate of drug-likeness (QED) is 0.434. The number of benzene rings is 2. The average molecular weight is 533 g/mol. The average Bonchev–Trinajstić information content (AvgIpc) is 3.19. The van der Waals surface area contributed by atoms with Crippen LogP contribution < -0.4 is 4.74 Å². The zero-order valence-corrected chi connectivity index (χ0v) is 22.6. The van der Waals surface area contributed by atoms with E-state index in [-0.39, 0.29) is 24.0 Å². The van der Waals surface area contributed by atoms with Crippen LogP contribution in [0.25, 0.3) is 0 Å². The number of halogens is 2. The summed E-state index contributed by atoms with van der Waals surface area (Å²) < 4.78 is 11.4. The van der Waals surface area contributed by atoms with E-state index in [2.05, 4.69) is 0 Å². The summed E-state index contributed by atoms with van der Waals surface area (Å²) in [5, 5.41) is 1.03.